The first-order valence-electron chi connectivity index (χ1n) is 6.44. The van der Waals surface area contributed by atoms with Gasteiger partial charge in [-0.2, -0.15) is 0 Å². The van der Waals surface area contributed by atoms with Crippen LogP contribution in [0.4, 0.5) is 0 Å². The summed E-state index contributed by atoms with van der Waals surface area (Å²) in [6.45, 7) is 8.50. The third kappa shape index (κ3) is 4.43. The molecule has 0 aliphatic rings. The van der Waals surface area contributed by atoms with Gasteiger partial charge in [0.1, 0.15) is 12.4 Å². The number of aryl methyl sites for hydroxylation is 1. The molecule has 0 saturated carbocycles. The van der Waals surface area contributed by atoms with Crippen molar-refractivity contribution >= 4 is 5.97 Å². The van der Waals surface area contributed by atoms with Crippen molar-refractivity contribution < 1.29 is 14.3 Å². The maximum absolute atomic E-state index is 11.2. The number of hydrogen-bond acceptors (Lipinski definition) is 3. The SMILES string of the molecule is COC(=O)C(C)=CCOc1ccc(C(C)C)c(C)c1. The monoisotopic (exact) mass is 262 g/mol. The molecule has 0 unspecified atom stereocenters. The zero-order chi connectivity index (χ0) is 14.4. The Bertz CT molecular complexity index is 473. The molecule has 104 valence electrons. The van der Waals surface area contributed by atoms with Crippen LogP contribution in [0.15, 0.2) is 29.8 Å². The smallest absolute Gasteiger partial charge is 0.333 e. The Morgan fingerprint density at radius 1 is 1.37 bits per heavy atom. The van der Waals surface area contributed by atoms with Gasteiger partial charge in [-0.05, 0) is 49.1 Å². The number of esters is 1. The number of hydrogen-bond donors (Lipinski definition) is 0. The summed E-state index contributed by atoms with van der Waals surface area (Å²) in [4.78, 5) is 11.2. The molecule has 0 saturated heterocycles. The zero-order valence-corrected chi connectivity index (χ0v) is 12.3. The molecule has 3 heteroatoms. The van der Waals surface area contributed by atoms with Gasteiger partial charge in [-0.1, -0.05) is 19.9 Å². The van der Waals surface area contributed by atoms with Gasteiger partial charge in [0.05, 0.1) is 7.11 Å². The van der Waals surface area contributed by atoms with Crippen molar-refractivity contribution in [2.75, 3.05) is 13.7 Å². The van der Waals surface area contributed by atoms with Gasteiger partial charge >= 0.3 is 5.97 Å². The third-order valence-corrected chi connectivity index (χ3v) is 3.01. The molecule has 3 nitrogen and oxygen atoms in total. The number of benzene rings is 1. The van der Waals surface area contributed by atoms with Gasteiger partial charge < -0.3 is 9.47 Å². The first-order chi connectivity index (χ1) is 8.95. The minimum atomic E-state index is -0.324. The Kier molecular flexibility index (Phi) is 5.61. The Morgan fingerprint density at radius 3 is 2.58 bits per heavy atom. The number of methoxy groups -OCH3 is 1. The van der Waals surface area contributed by atoms with Crippen molar-refractivity contribution in [1.29, 1.82) is 0 Å². The Morgan fingerprint density at radius 2 is 2.05 bits per heavy atom. The van der Waals surface area contributed by atoms with Crippen LogP contribution in [-0.2, 0) is 9.53 Å². The molecule has 0 aliphatic carbocycles. The van der Waals surface area contributed by atoms with Crippen LogP contribution in [0, 0.1) is 6.92 Å². The second-order valence-corrected chi connectivity index (χ2v) is 4.86. The average Bonchev–Trinajstić information content (AvgIpc) is 2.37. The molecule has 0 bridgehead atoms. The predicted molar refractivity (Wildman–Crippen MR) is 76.5 cm³/mol. The van der Waals surface area contributed by atoms with Crippen LogP contribution < -0.4 is 4.74 Å². The lowest BCUT2D eigenvalue weighted by molar-refractivity contribution is -0.136. The van der Waals surface area contributed by atoms with Crippen molar-refractivity contribution in [3.8, 4) is 5.75 Å². The summed E-state index contributed by atoms with van der Waals surface area (Å²) in [6.07, 6.45) is 1.72. The van der Waals surface area contributed by atoms with Crippen molar-refractivity contribution in [3.05, 3.63) is 41.0 Å². The highest BCUT2D eigenvalue weighted by Crippen LogP contribution is 2.23. The fraction of sp³-hybridized carbons (Fsp3) is 0.438. The lowest BCUT2D eigenvalue weighted by atomic mass is 9.98. The fourth-order valence-electron chi connectivity index (χ4n) is 1.89. The quantitative estimate of drug-likeness (QED) is 0.600. The van der Waals surface area contributed by atoms with Crippen LogP contribution in [0.25, 0.3) is 0 Å². The second-order valence-electron chi connectivity index (χ2n) is 4.86. The molecule has 0 aliphatic heterocycles. The third-order valence-electron chi connectivity index (χ3n) is 3.01. The largest absolute Gasteiger partial charge is 0.490 e. The van der Waals surface area contributed by atoms with E-state index < -0.39 is 0 Å². The highest BCUT2D eigenvalue weighted by molar-refractivity contribution is 5.87. The van der Waals surface area contributed by atoms with E-state index in [-0.39, 0.29) is 5.97 Å². The van der Waals surface area contributed by atoms with Gasteiger partial charge in [-0.25, -0.2) is 4.79 Å². The molecule has 0 amide bonds. The Balaban J connectivity index is 2.64. The van der Waals surface area contributed by atoms with Crippen molar-refractivity contribution in [1.82, 2.24) is 0 Å². The van der Waals surface area contributed by atoms with E-state index in [9.17, 15) is 4.79 Å². The summed E-state index contributed by atoms with van der Waals surface area (Å²) in [7, 11) is 1.37. The van der Waals surface area contributed by atoms with Crippen LogP contribution in [0.1, 0.15) is 37.8 Å². The van der Waals surface area contributed by atoms with Gasteiger partial charge in [-0.3, -0.25) is 0 Å². The molecule has 0 radical (unpaired) electrons. The van der Waals surface area contributed by atoms with E-state index in [4.69, 9.17) is 4.74 Å². The van der Waals surface area contributed by atoms with Gasteiger partial charge in [-0.15, -0.1) is 0 Å². The van der Waals surface area contributed by atoms with E-state index in [0.29, 0.717) is 18.1 Å². The molecule has 0 N–H and O–H groups in total. The number of ether oxygens (including phenoxy) is 2. The van der Waals surface area contributed by atoms with Gasteiger partial charge in [0.15, 0.2) is 0 Å². The molecular weight excluding hydrogens is 240 g/mol. The zero-order valence-electron chi connectivity index (χ0n) is 12.3. The summed E-state index contributed by atoms with van der Waals surface area (Å²) >= 11 is 0. The van der Waals surface area contributed by atoms with Crippen LogP contribution in [-0.4, -0.2) is 19.7 Å². The maximum Gasteiger partial charge on any atom is 0.333 e. The van der Waals surface area contributed by atoms with Crippen LogP contribution >= 0.6 is 0 Å². The first-order valence-corrected chi connectivity index (χ1v) is 6.44. The standard InChI is InChI=1S/C16H22O3/c1-11(2)15-7-6-14(10-13(15)4)19-9-8-12(3)16(17)18-5/h6-8,10-11H,9H2,1-5H3. The Hall–Kier alpha value is -1.77. The summed E-state index contributed by atoms with van der Waals surface area (Å²) in [6, 6.07) is 6.08. The molecule has 0 aromatic heterocycles. The summed E-state index contributed by atoms with van der Waals surface area (Å²) < 4.78 is 10.2. The maximum atomic E-state index is 11.2. The number of carbonyl (C=O) groups excluding carboxylic acids is 1. The lowest BCUT2D eigenvalue weighted by Crippen LogP contribution is -2.04. The van der Waals surface area contributed by atoms with E-state index in [1.165, 1.54) is 18.2 Å². The second kappa shape index (κ2) is 6.98. The normalized spacial score (nSPS) is 11.6. The topological polar surface area (TPSA) is 35.5 Å². The van der Waals surface area contributed by atoms with E-state index in [1.54, 1.807) is 13.0 Å². The van der Waals surface area contributed by atoms with Crippen molar-refractivity contribution in [2.24, 2.45) is 0 Å². The molecule has 0 heterocycles. The molecule has 1 aromatic carbocycles. The highest BCUT2D eigenvalue weighted by Gasteiger charge is 2.05. The molecule has 1 rings (SSSR count). The average molecular weight is 262 g/mol. The van der Waals surface area contributed by atoms with Crippen LogP contribution in [0.5, 0.6) is 5.75 Å². The molecule has 1 aromatic rings. The molecule has 0 spiro atoms. The summed E-state index contributed by atoms with van der Waals surface area (Å²) in [5, 5.41) is 0. The number of carbonyl (C=O) groups is 1. The minimum Gasteiger partial charge on any atom is -0.490 e. The highest BCUT2D eigenvalue weighted by atomic mass is 16.5. The van der Waals surface area contributed by atoms with Gasteiger partial charge in [0.25, 0.3) is 0 Å². The predicted octanol–water partition coefficient (Wildman–Crippen LogP) is 3.62. The fourth-order valence-corrected chi connectivity index (χ4v) is 1.89. The minimum absolute atomic E-state index is 0.324. The van der Waals surface area contributed by atoms with E-state index in [2.05, 4.69) is 31.6 Å². The lowest BCUT2D eigenvalue weighted by Gasteiger charge is -2.11. The molecular formula is C16H22O3. The van der Waals surface area contributed by atoms with E-state index in [1.807, 2.05) is 12.1 Å². The first kappa shape index (κ1) is 15.3. The summed E-state index contributed by atoms with van der Waals surface area (Å²) in [5.41, 5.74) is 3.10. The van der Waals surface area contributed by atoms with Gasteiger partial charge in [0.2, 0.25) is 0 Å². The number of rotatable bonds is 5. The van der Waals surface area contributed by atoms with Crippen molar-refractivity contribution in [2.45, 2.75) is 33.6 Å². The molecule has 19 heavy (non-hydrogen) atoms. The Labute approximate surface area is 115 Å². The van der Waals surface area contributed by atoms with Crippen molar-refractivity contribution in [3.63, 3.8) is 0 Å². The summed E-state index contributed by atoms with van der Waals surface area (Å²) in [5.74, 6) is 1.00. The van der Waals surface area contributed by atoms with E-state index >= 15 is 0 Å². The van der Waals surface area contributed by atoms with Crippen LogP contribution in [0.2, 0.25) is 0 Å². The van der Waals surface area contributed by atoms with E-state index in [0.717, 1.165) is 5.75 Å². The molecule has 0 fully saturated rings. The van der Waals surface area contributed by atoms with Gasteiger partial charge in [0, 0.05) is 5.57 Å². The molecule has 0 atom stereocenters. The van der Waals surface area contributed by atoms with Crippen LogP contribution in [0.3, 0.4) is 0 Å².